The average molecular weight is 290 g/mol. The second-order valence-corrected chi connectivity index (χ2v) is 4.55. The minimum absolute atomic E-state index is 0.0424. The highest BCUT2D eigenvalue weighted by Gasteiger charge is 2.13. The van der Waals surface area contributed by atoms with Gasteiger partial charge >= 0.3 is 0 Å². The Morgan fingerprint density at radius 2 is 1.95 bits per heavy atom. The second kappa shape index (κ2) is 4.94. The lowest BCUT2D eigenvalue weighted by Gasteiger charge is -1.98. The van der Waals surface area contributed by atoms with Gasteiger partial charge in [0, 0.05) is 16.8 Å². The van der Waals surface area contributed by atoms with Gasteiger partial charge in [0.15, 0.2) is 0 Å². The predicted octanol–water partition coefficient (Wildman–Crippen LogP) is 3.78. The molecule has 3 rings (SSSR count). The van der Waals surface area contributed by atoms with Crippen molar-refractivity contribution in [3.05, 3.63) is 53.3 Å². The molecule has 1 heterocycles. The van der Waals surface area contributed by atoms with E-state index < -0.39 is 5.82 Å². The fourth-order valence-electron chi connectivity index (χ4n) is 1.78. The van der Waals surface area contributed by atoms with Crippen molar-refractivity contribution in [1.29, 1.82) is 0 Å². The highest BCUT2D eigenvalue weighted by atomic mass is 35.5. The van der Waals surface area contributed by atoms with Gasteiger partial charge in [-0.15, -0.1) is 0 Å². The van der Waals surface area contributed by atoms with Gasteiger partial charge in [-0.25, -0.2) is 4.39 Å². The van der Waals surface area contributed by atoms with Gasteiger partial charge in [-0.05, 0) is 30.3 Å². The van der Waals surface area contributed by atoms with Crippen LogP contribution in [0.5, 0.6) is 0 Å². The van der Waals surface area contributed by atoms with Gasteiger partial charge in [-0.3, -0.25) is 0 Å². The third-order valence-electron chi connectivity index (χ3n) is 2.79. The van der Waals surface area contributed by atoms with Crippen LogP contribution in [0.3, 0.4) is 0 Å². The van der Waals surface area contributed by atoms with Gasteiger partial charge in [-0.2, -0.15) is 4.98 Å². The summed E-state index contributed by atoms with van der Waals surface area (Å²) in [4.78, 5) is 4.21. The van der Waals surface area contributed by atoms with Crippen LogP contribution in [-0.2, 0) is 0 Å². The van der Waals surface area contributed by atoms with Gasteiger partial charge in [0.05, 0.1) is 5.02 Å². The molecule has 2 N–H and O–H groups in total. The molecule has 2 aromatic carbocycles. The van der Waals surface area contributed by atoms with E-state index in [1.807, 2.05) is 12.1 Å². The molecule has 0 unspecified atom stereocenters. The summed E-state index contributed by atoms with van der Waals surface area (Å²) < 4.78 is 18.5. The van der Waals surface area contributed by atoms with Crippen molar-refractivity contribution in [2.24, 2.45) is 0 Å². The third-order valence-corrected chi connectivity index (χ3v) is 3.10. The van der Waals surface area contributed by atoms with E-state index in [1.165, 1.54) is 12.1 Å². The minimum atomic E-state index is -0.539. The van der Waals surface area contributed by atoms with Gasteiger partial charge in [-0.1, -0.05) is 28.9 Å². The number of anilines is 1. The molecule has 0 bridgehead atoms. The number of para-hydroxylation sites is 1. The molecule has 6 heteroatoms. The van der Waals surface area contributed by atoms with Crippen molar-refractivity contribution in [3.63, 3.8) is 0 Å². The van der Waals surface area contributed by atoms with Crippen molar-refractivity contribution >= 4 is 17.3 Å². The van der Waals surface area contributed by atoms with Crippen LogP contribution in [0, 0.1) is 5.82 Å². The molecule has 3 aromatic rings. The number of nitrogen functional groups attached to an aromatic ring is 1. The standard InChI is InChI=1S/C14H9ClFN3O/c15-10-6-5-8(7-11(10)16)14-18-13(19-20-14)9-3-1-2-4-12(9)17/h1-7H,17H2. The molecule has 4 nitrogen and oxygen atoms in total. The van der Waals surface area contributed by atoms with Crippen LogP contribution < -0.4 is 5.73 Å². The molecule has 0 radical (unpaired) electrons. The topological polar surface area (TPSA) is 64.9 Å². The van der Waals surface area contributed by atoms with Crippen LogP contribution in [-0.4, -0.2) is 10.1 Å². The van der Waals surface area contributed by atoms with Gasteiger partial charge < -0.3 is 10.3 Å². The van der Waals surface area contributed by atoms with Crippen molar-refractivity contribution in [1.82, 2.24) is 10.1 Å². The molecule has 0 saturated carbocycles. The zero-order valence-electron chi connectivity index (χ0n) is 10.2. The Balaban J connectivity index is 2.02. The predicted molar refractivity (Wildman–Crippen MR) is 74.6 cm³/mol. The highest BCUT2D eigenvalue weighted by molar-refractivity contribution is 6.30. The van der Waals surface area contributed by atoms with Crippen LogP contribution in [0.15, 0.2) is 47.0 Å². The molecule has 20 heavy (non-hydrogen) atoms. The van der Waals surface area contributed by atoms with Crippen molar-refractivity contribution in [2.75, 3.05) is 5.73 Å². The quantitative estimate of drug-likeness (QED) is 0.729. The normalized spacial score (nSPS) is 10.7. The Morgan fingerprint density at radius 1 is 1.15 bits per heavy atom. The molecule has 100 valence electrons. The van der Waals surface area contributed by atoms with E-state index in [2.05, 4.69) is 10.1 Å². The van der Waals surface area contributed by atoms with Gasteiger partial charge in [0.25, 0.3) is 5.89 Å². The molecule has 0 fully saturated rings. The number of nitrogens with zero attached hydrogens (tertiary/aromatic N) is 2. The largest absolute Gasteiger partial charge is 0.398 e. The monoisotopic (exact) mass is 289 g/mol. The Labute approximate surface area is 119 Å². The van der Waals surface area contributed by atoms with Gasteiger partial charge in [0.1, 0.15) is 5.82 Å². The second-order valence-electron chi connectivity index (χ2n) is 4.14. The summed E-state index contributed by atoms with van der Waals surface area (Å²) in [5.74, 6) is 0.0235. The minimum Gasteiger partial charge on any atom is -0.398 e. The summed E-state index contributed by atoms with van der Waals surface area (Å²) in [6.07, 6.45) is 0. The fraction of sp³-hybridized carbons (Fsp3) is 0. The molecule has 0 saturated heterocycles. The summed E-state index contributed by atoms with van der Waals surface area (Å²) in [6.45, 7) is 0. The van der Waals surface area contributed by atoms with E-state index >= 15 is 0 Å². The molecule has 0 amide bonds. The lowest BCUT2D eigenvalue weighted by atomic mass is 10.1. The van der Waals surface area contributed by atoms with Crippen LogP contribution in [0.2, 0.25) is 5.02 Å². The molecule has 0 atom stereocenters. The first-order chi connectivity index (χ1) is 9.65. The Bertz CT molecular complexity index is 773. The van der Waals surface area contributed by atoms with Crippen molar-refractivity contribution in [2.45, 2.75) is 0 Å². The number of hydrogen-bond donors (Lipinski definition) is 1. The first-order valence-corrected chi connectivity index (χ1v) is 6.17. The van der Waals surface area contributed by atoms with Crippen LogP contribution in [0.4, 0.5) is 10.1 Å². The maximum atomic E-state index is 13.4. The van der Waals surface area contributed by atoms with Gasteiger partial charge in [0.2, 0.25) is 5.82 Å². The summed E-state index contributed by atoms with van der Waals surface area (Å²) in [5, 5.41) is 3.90. The lowest BCUT2D eigenvalue weighted by Crippen LogP contribution is -1.90. The van der Waals surface area contributed by atoms with E-state index in [1.54, 1.807) is 18.2 Å². The lowest BCUT2D eigenvalue weighted by molar-refractivity contribution is 0.432. The summed E-state index contributed by atoms with van der Waals surface area (Å²) in [6, 6.07) is 11.5. The van der Waals surface area contributed by atoms with Crippen molar-refractivity contribution < 1.29 is 8.91 Å². The molecular formula is C14H9ClFN3O. The summed E-state index contributed by atoms with van der Waals surface area (Å²) in [5.41, 5.74) is 7.51. The number of hydrogen-bond acceptors (Lipinski definition) is 4. The first-order valence-electron chi connectivity index (χ1n) is 5.79. The van der Waals surface area contributed by atoms with E-state index in [9.17, 15) is 4.39 Å². The molecule has 1 aromatic heterocycles. The maximum absolute atomic E-state index is 13.4. The van der Waals surface area contributed by atoms with E-state index in [0.29, 0.717) is 22.6 Å². The fourth-order valence-corrected chi connectivity index (χ4v) is 1.90. The molecule has 0 aliphatic carbocycles. The van der Waals surface area contributed by atoms with Crippen LogP contribution in [0.25, 0.3) is 22.8 Å². The summed E-state index contributed by atoms with van der Waals surface area (Å²) in [7, 11) is 0. The molecular weight excluding hydrogens is 281 g/mol. The maximum Gasteiger partial charge on any atom is 0.258 e. The Morgan fingerprint density at radius 3 is 2.70 bits per heavy atom. The SMILES string of the molecule is Nc1ccccc1-c1noc(-c2ccc(Cl)c(F)c2)n1. The van der Waals surface area contributed by atoms with Crippen LogP contribution in [0.1, 0.15) is 0 Å². The number of benzene rings is 2. The van der Waals surface area contributed by atoms with E-state index in [-0.39, 0.29) is 10.9 Å². The molecule has 0 spiro atoms. The zero-order chi connectivity index (χ0) is 14.1. The smallest absolute Gasteiger partial charge is 0.258 e. The Kier molecular flexibility index (Phi) is 3.12. The highest BCUT2D eigenvalue weighted by Crippen LogP contribution is 2.27. The van der Waals surface area contributed by atoms with Crippen molar-refractivity contribution in [3.8, 4) is 22.8 Å². The first kappa shape index (κ1) is 12.6. The number of rotatable bonds is 2. The Hall–Kier alpha value is -2.40. The van der Waals surface area contributed by atoms with E-state index in [0.717, 1.165) is 0 Å². The molecule has 0 aliphatic rings. The number of aromatic nitrogens is 2. The summed E-state index contributed by atoms with van der Waals surface area (Å²) >= 11 is 5.63. The zero-order valence-corrected chi connectivity index (χ0v) is 10.9. The number of halogens is 2. The van der Waals surface area contributed by atoms with E-state index in [4.69, 9.17) is 21.9 Å². The average Bonchev–Trinajstić information content (AvgIpc) is 2.92. The molecule has 0 aliphatic heterocycles. The van der Waals surface area contributed by atoms with Crippen LogP contribution >= 0.6 is 11.6 Å². The third kappa shape index (κ3) is 2.23. The number of nitrogens with two attached hydrogens (primary N) is 1.